The molecule has 0 aliphatic heterocycles. The van der Waals surface area contributed by atoms with Gasteiger partial charge < -0.3 is 19.9 Å². The van der Waals surface area contributed by atoms with Crippen molar-refractivity contribution in [3.05, 3.63) is 47.3 Å². The molecule has 7 nitrogen and oxygen atoms in total. The van der Waals surface area contributed by atoms with Crippen LogP contribution in [-0.2, 0) is 4.79 Å². The van der Waals surface area contributed by atoms with Gasteiger partial charge in [0.05, 0.1) is 0 Å². The van der Waals surface area contributed by atoms with Crippen LogP contribution in [0, 0.1) is 6.92 Å². The van der Waals surface area contributed by atoms with Crippen molar-refractivity contribution >= 4 is 11.8 Å². The molecule has 0 fully saturated rings. The van der Waals surface area contributed by atoms with Gasteiger partial charge in [-0.15, -0.1) is 0 Å². The first-order chi connectivity index (χ1) is 12.4. The fourth-order valence-corrected chi connectivity index (χ4v) is 2.38. The summed E-state index contributed by atoms with van der Waals surface area (Å²) in [5.74, 6) is 0.995. The van der Waals surface area contributed by atoms with Crippen molar-refractivity contribution in [3.8, 4) is 5.75 Å². The van der Waals surface area contributed by atoms with Gasteiger partial charge in [0.15, 0.2) is 11.8 Å². The van der Waals surface area contributed by atoms with E-state index in [0.717, 1.165) is 5.56 Å². The zero-order valence-electron chi connectivity index (χ0n) is 15.5. The second-order valence-electron chi connectivity index (χ2n) is 6.32. The first kappa shape index (κ1) is 19.5. The summed E-state index contributed by atoms with van der Waals surface area (Å²) in [7, 11) is 0. The van der Waals surface area contributed by atoms with Crippen LogP contribution in [0.4, 0.5) is 0 Å². The highest BCUT2D eigenvalue weighted by atomic mass is 16.5. The molecule has 0 bridgehead atoms. The molecule has 1 atom stereocenters. The van der Waals surface area contributed by atoms with Gasteiger partial charge in [-0.05, 0) is 31.4 Å². The standard InChI is InChI=1S/C19H25N3O4/c1-12(2)15-7-5-6-8-17(15)25-14(4)18(23)20-9-10-21-19(24)16-11-13(3)26-22-16/h5-8,11-12,14H,9-10H2,1-4H3,(H,20,23)(H,21,24). The van der Waals surface area contributed by atoms with E-state index in [1.54, 1.807) is 19.9 Å². The average molecular weight is 359 g/mol. The zero-order chi connectivity index (χ0) is 19.1. The molecule has 2 rings (SSSR count). The Labute approximate surface area is 153 Å². The average Bonchev–Trinajstić information content (AvgIpc) is 3.05. The molecule has 1 aromatic carbocycles. The van der Waals surface area contributed by atoms with Crippen LogP contribution in [0.5, 0.6) is 5.75 Å². The number of hydrogen-bond acceptors (Lipinski definition) is 5. The second-order valence-corrected chi connectivity index (χ2v) is 6.32. The summed E-state index contributed by atoms with van der Waals surface area (Å²) < 4.78 is 10.6. The number of rotatable bonds is 8. The lowest BCUT2D eigenvalue weighted by molar-refractivity contribution is -0.127. The highest BCUT2D eigenvalue weighted by Gasteiger charge is 2.17. The fraction of sp³-hybridized carbons (Fsp3) is 0.421. The largest absolute Gasteiger partial charge is 0.481 e. The van der Waals surface area contributed by atoms with E-state index in [4.69, 9.17) is 9.26 Å². The van der Waals surface area contributed by atoms with Gasteiger partial charge in [0, 0.05) is 19.2 Å². The lowest BCUT2D eigenvalue weighted by atomic mass is 10.0. The van der Waals surface area contributed by atoms with Crippen LogP contribution < -0.4 is 15.4 Å². The van der Waals surface area contributed by atoms with E-state index in [1.807, 2.05) is 24.3 Å². The lowest BCUT2D eigenvalue weighted by Crippen LogP contribution is -2.40. The molecule has 0 saturated carbocycles. The van der Waals surface area contributed by atoms with Crippen LogP contribution in [0.25, 0.3) is 0 Å². The number of para-hydroxylation sites is 1. The van der Waals surface area contributed by atoms with E-state index >= 15 is 0 Å². The number of aromatic nitrogens is 1. The third-order valence-electron chi connectivity index (χ3n) is 3.78. The monoisotopic (exact) mass is 359 g/mol. The van der Waals surface area contributed by atoms with Crippen LogP contribution in [0.3, 0.4) is 0 Å². The third kappa shape index (κ3) is 5.34. The third-order valence-corrected chi connectivity index (χ3v) is 3.78. The molecule has 7 heteroatoms. The Kier molecular flexibility index (Phi) is 6.77. The Morgan fingerprint density at radius 1 is 1.15 bits per heavy atom. The van der Waals surface area contributed by atoms with Crippen LogP contribution in [-0.4, -0.2) is 36.2 Å². The number of ether oxygens (including phenoxy) is 1. The molecular formula is C19H25N3O4. The number of nitrogens with zero attached hydrogens (tertiary/aromatic N) is 1. The van der Waals surface area contributed by atoms with E-state index in [-0.39, 0.29) is 24.1 Å². The number of carbonyl (C=O) groups excluding carboxylic acids is 2. The number of amides is 2. The number of benzene rings is 1. The van der Waals surface area contributed by atoms with Crippen LogP contribution >= 0.6 is 0 Å². The smallest absolute Gasteiger partial charge is 0.273 e. The minimum Gasteiger partial charge on any atom is -0.481 e. The van der Waals surface area contributed by atoms with Gasteiger partial charge >= 0.3 is 0 Å². The Bertz CT molecular complexity index is 755. The fourth-order valence-electron chi connectivity index (χ4n) is 2.38. The SMILES string of the molecule is Cc1cc(C(=O)NCCNC(=O)C(C)Oc2ccccc2C(C)C)no1. The summed E-state index contributed by atoms with van der Waals surface area (Å²) in [5, 5.41) is 9.04. The molecule has 140 valence electrons. The topological polar surface area (TPSA) is 93.5 Å². The Balaban J connectivity index is 1.76. The maximum atomic E-state index is 12.2. The van der Waals surface area contributed by atoms with Crippen molar-refractivity contribution in [2.24, 2.45) is 0 Å². The summed E-state index contributed by atoms with van der Waals surface area (Å²) in [6.07, 6.45) is -0.635. The van der Waals surface area contributed by atoms with Crippen LogP contribution in [0.15, 0.2) is 34.9 Å². The van der Waals surface area contributed by atoms with Crippen molar-refractivity contribution < 1.29 is 18.8 Å². The summed E-state index contributed by atoms with van der Waals surface area (Å²) in [4.78, 5) is 24.0. The van der Waals surface area contributed by atoms with Gasteiger partial charge in [-0.25, -0.2) is 0 Å². The first-order valence-electron chi connectivity index (χ1n) is 8.63. The van der Waals surface area contributed by atoms with E-state index in [9.17, 15) is 9.59 Å². The Morgan fingerprint density at radius 2 is 1.85 bits per heavy atom. The number of aryl methyl sites for hydroxylation is 1. The molecule has 0 radical (unpaired) electrons. The van der Waals surface area contributed by atoms with Gasteiger partial charge in [-0.1, -0.05) is 37.2 Å². The lowest BCUT2D eigenvalue weighted by Gasteiger charge is -2.18. The van der Waals surface area contributed by atoms with Crippen molar-refractivity contribution in [1.82, 2.24) is 15.8 Å². The highest BCUT2D eigenvalue weighted by molar-refractivity contribution is 5.92. The molecule has 0 saturated heterocycles. The minimum atomic E-state index is -0.635. The number of hydrogen-bond donors (Lipinski definition) is 2. The van der Waals surface area contributed by atoms with Gasteiger partial charge in [0.1, 0.15) is 11.5 Å². The normalized spacial score (nSPS) is 11.9. The van der Waals surface area contributed by atoms with Crippen molar-refractivity contribution in [2.75, 3.05) is 13.1 Å². The molecule has 1 unspecified atom stereocenters. The maximum Gasteiger partial charge on any atom is 0.273 e. The molecular weight excluding hydrogens is 334 g/mol. The molecule has 1 aromatic heterocycles. The predicted octanol–water partition coefficient (Wildman–Crippen LogP) is 2.42. The molecule has 0 aliphatic rings. The second kappa shape index (κ2) is 9.03. The van der Waals surface area contributed by atoms with E-state index in [2.05, 4.69) is 29.6 Å². The van der Waals surface area contributed by atoms with Gasteiger partial charge in [0.2, 0.25) is 0 Å². The van der Waals surface area contributed by atoms with Crippen molar-refractivity contribution in [1.29, 1.82) is 0 Å². The quantitative estimate of drug-likeness (QED) is 0.706. The minimum absolute atomic E-state index is 0.218. The highest BCUT2D eigenvalue weighted by Crippen LogP contribution is 2.26. The number of carbonyl (C=O) groups is 2. The molecule has 2 aromatic rings. The molecule has 2 amide bonds. The first-order valence-corrected chi connectivity index (χ1v) is 8.63. The molecule has 26 heavy (non-hydrogen) atoms. The molecule has 2 N–H and O–H groups in total. The summed E-state index contributed by atoms with van der Waals surface area (Å²) >= 11 is 0. The zero-order valence-corrected chi connectivity index (χ0v) is 15.5. The van der Waals surface area contributed by atoms with Crippen molar-refractivity contribution in [2.45, 2.75) is 39.7 Å². The maximum absolute atomic E-state index is 12.2. The van der Waals surface area contributed by atoms with Gasteiger partial charge in [-0.2, -0.15) is 0 Å². The van der Waals surface area contributed by atoms with E-state index in [1.165, 1.54) is 0 Å². The summed E-state index contributed by atoms with van der Waals surface area (Å²) in [6.45, 7) is 8.14. The van der Waals surface area contributed by atoms with Gasteiger partial charge in [-0.3, -0.25) is 9.59 Å². The van der Waals surface area contributed by atoms with Crippen LogP contribution in [0.1, 0.15) is 48.5 Å². The summed E-state index contributed by atoms with van der Waals surface area (Å²) in [6, 6.07) is 9.24. The summed E-state index contributed by atoms with van der Waals surface area (Å²) in [5.41, 5.74) is 1.28. The van der Waals surface area contributed by atoms with Crippen LogP contribution in [0.2, 0.25) is 0 Å². The Hall–Kier alpha value is -2.83. The number of nitrogens with one attached hydrogen (secondary N) is 2. The molecule has 1 heterocycles. The van der Waals surface area contributed by atoms with Crippen molar-refractivity contribution in [3.63, 3.8) is 0 Å². The predicted molar refractivity (Wildman–Crippen MR) is 97.2 cm³/mol. The Morgan fingerprint density at radius 3 is 2.50 bits per heavy atom. The van der Waals surface area contributed by atoms with Gasteiger partial charge in [0.25, 0.3) is 11.8 Å². The van der Waals surface area contributed by atoms with E-state index < -0.39 is 6.10 Å². The molecule has 0 aliphatic carbocycles. The molecule has 0 spiro atoms. The van der Waals surface area contributed by atoms with E-state index in [0.29, 0.717) is 24.0 Å².